The van der Waals surface area contributed by atoms with Crippen molar-refractivity contribution in [2.75, 3.05) is 0 Å². The molecule has 5 nitrogen and oxygen atoms in total. The summed E-state index contributed by atoms with van der Waals surface area (Å²) in [4.78, 5) is 25.6. The van der Waals surface area contributed by atoms with Crippen molar-refractivity contribution in [3.63, 3.8) is 0 Å². The lowest BCUT2D eigenvalue weighted by molar-refractivity contribution is 0.1000. The maximum atomic E-state index is 10.9. The highest BCUT2D eigenvalue weighted by molar-refractivity contribution is 5.92. The molecule has 0 saturated carbocycles. The summed E-state index contributed by atoms with van der Waals surface area (Å²) in [6, 6.07) is 8.11. The number of primary amides is 1. The van der Waals surface area contributed by atoms with E-state index in [0.717, 1.165) is 11.8 Å². The van der Waals surface area contributed by atoms with E-state index in [4.69, 9.17) is 10.5 Å². The number of amides is 1. The molecule has 0 radical (unpaired) electrons. The highest BCUT2D eigenvalue weighted by atomic mass is 16.5. The number of pyridine rings is 1. The normalized spacial score (nSPS) is 9.95. The van der Waals surface area contributed by atoms with Gasteiger partial charge in [-0.15, -0.1) is 0 Å². The first kappa shape index (κ1) is 12.8. The van der Waals surface area contributed by atoms with E-state index >= 15 is 0 Å². The first-order chi connectivity index (χ1) is 9.10. The Morgan fingerprint density at radius 1 is 1.32 bits per heavy atom. The van der Waals surface area contributed by atoms with Gasteiger partial charge in [0.05, 0.1) is 0 Å². The van der Waals surface area contributed by atoms with Crippen LogP contribution < -0.4 is 10.5 Å². The van der Waals surface area contributed by atoms with Gasteiger partial charge >= 0.3 is 0 Å². The van der Waals surface area contributed by atoms with Crippen LogP contribution in [0.15, 0.2) is 36.5 Å². The predicted molar refractivity (Wildman–Crippen MR) is 69.4 cm³/mol. The third kappa shape index (κ3) is 2.95. The van der Waals surface area contributed by atoms with Gasteiger partial charge in [-0.05, 0) is 37.3 Å². The minimum absolute atomic E-state index is 0.410. The van der Waals surface area contributed by atoms with E-state index in [9.17, 15) is 9.59 Å². The Bertz CT molecular complexity index is 621. The van der Waals surface area contributed by atoms with Crippen LogP contribution in [-0.2, 0) is 0 Å². The van der Waals surface area contributed by atoms with Gasteiger partial charge in [0.25, 0.3) is 0 Å². The summed E-state index contributed by atoms with van der Waals surface area (Å²) in [5.74, 6) is 0.466. The van der Waals surface area contributed by atoms with Crippen molar-refractivity contribution in [3.05, 3.63) is 53.2 Å². The van der Waals surface area contributed by atoms with Crippen LogP contribution in [0.1, 0.15) is 26.3 Å². The fraction of sp³-hybridized carbons (Fsp3) is 0.0714. The summed E-state index contributed by atoms with van der Waals surface area (Å²) < 4.78 is 5.56. The third-order valence-electron chi connectivity index (χ3n) is 2.54. The molecule has 19 heavy (non-hydrogen) atoms. The number of hydrogen-bond acceptors (Lipinski definition) is 4. The predicted octanol–water partition coefficient (Wildman–Crippen LogP) is 2.09. The lowest BCUT2D eigenvalue weighted by Crippen LogP contribution is -2.10. The van der Waals surface area contributed by atoms with Gasteiger partial charge in [-0.2, -0.15) is 0 Å². The summed E-state index contributed by atoms with van der Waals surface area (Å²) in [5.41, 5.74) is 6.81. The van der Waals surface area contributed by atoms with Crippen molar-refractivity contribution in [2.24, 2.45) is 5.73 Å². The molecular weight excluding hydrogens is 244 g/mol. The van der Waals surface area contributed by atoms with Crippen LogP contribution in [0.25, 0.3) is 0 Å². The summed E-state index contributed by atoms with van der Waals surface area (Å²) in [6.07, 6.45) is 2.17. The zero-order chi connectivity index (χ0) is 13.8. The molecule has 5 heteroatoms. The second-order valence-corrected chi connectivity index (χ2v) is 4.00. The SMILES string of the molecule is Cc1cc(C=O)cnc1Oc1ccc(C(N)=O)cc1. The van der Waals surface area contributed by atoms with Crippen LogP contribution >= 0.6 is 0 Å². The molecule has 0 aliphatic carbocycles. The molecule has 0 bridgehead atoms. The smallest absolute Gasteiger partial charge is 0.248 e. The third-order valence-corrected chi connectivity index (χ3v) is 2.54. The van der Waals surface area contributed by atoms with Crippen LogP contribution in [0.2, 0.25) is 0 Å². The van der Waals surface area contributed by atoms with Gasteiger partial charge in [-0.3, -0.25) is 9.59 Å². The molecule has 0 spiro atoms. The van der Waals surface area contributed by atoms with Crippen molar-refractivity contribution >= 4 is 12.2 Å². The van der Waals surface area contributed by atoms with Crippen molar-refractivity contribution < 1.29 is 14.3 Å². The number of nitrogens with zero attached hydrogens (tertiary/aromatic N) is 1. The number of nitrogens with two attached hydrogens (primary N) is 1. The number of carbonyl (C=O) groups is 2. The molecule has 0 unspecified atom stereocenters. The summed E-state index contributed by atoms with van der Waals surface area (Å²) >= 11 is 0. The molecule has 0 fully saturated rings. The van der Waals surface area contributed by atoms with Crippen LogP contribution in [0, 0.1) is 6.92 Å². The zero-order valence-electron chi connectivity index (χ0n) is 10.3. The van der Waals surface area contributed by atoms with E-state index in [1.54, 1.807) is 37.3 Å². The maximum Gasteiger partial charge on any atom is 0.248 e. The molecule has 0 atom stereocenters. The van der Waals surface area contributed by atoms with E-state index in [1.807, 2.05) is 0 Å². The summed E-state index contributed by atoms with van der Waals surface area (Å²) in [6.45, 7) is 1.80. The standard InChI is InChI=1S/C14H12N2O3/c1-9-6-10(8-17)7-16-14(9)19-12-4-2-11(3-5-12)13(15)18/h2-8H,1H3,(H2,15,18). The number of ether oxygens (including phenoxy) is 1. The molecule has 1 amide bonds. The first-order valence-electron chi connectivity index (χ1n) is 5.59. The number of benzene rings is 1. The molecule has 96 valence electrons. The molecule has 1 aromatic heterocycles. The van der Waals surface area contributed by atoms with E-state index < -0.39 is 5.91 Å². The quantitative estimate of drug-likeness (QED) is 0.849. The highest BCUT2D eigenvalue weighted by Crippen LogP contribution is 2.23. The molecule has 0 saturated heterocycles. The van der Waals surface area contributed by atoms with Crippen molar-refractivity contribution in [2.45, 2.75) is 6.92 Å². The summed E-state index contributed by atoms with van der Waals surface area (Å²) in [5, 5.41) is 0. The van der Waals surface area contributed by atoms with Gasteiger partial charge in [-0.1, -0.05) is 0 Å². The topological polar surface area (TPSA) is 82.3 Å². The van der Waals surface area contributed by atoms with Gasteiger partial charge in [-0.25, -0.2) is 4.98 Å². The summed E-state index contributed by atoms with van der Waals surface area (Å²) in [7, 11) is 0. The number of hydrogen-bond donors (Lipinski definition) is 1. The molecule has 2 N–H and O–H groups in total. The number of aromatic nitrogens is 1. The number of rotatable bonds is 4. The fourth-order valence-electron chi connectivity index (χ4n) is 1.55. The number of aryl methyl sites for hydroxylation is 1. The highest BCUT2D eigenvalue weighted by Gasteiger charge is 2.05. The molecule has 0 aliphatic rings. The molecule has 2 aromatic rings. The van der Waals surface area contributed by atoms with Gasteiger partial charge in [0, 0.05) is 22.9 Å². The van der Waals surface area contributed by atoms with Crippen LogP contribution in [0.5, 0.6) is 11.6 Å². The number of aldehydes is 1. The Labute approximate surface area is 110 Å². The van der Waals surface area contributed by atoms with Crippen molar-refractivity contribution in [1.82, 2.24) is 4.98 Å². The molecule has 2 rings (SSSR count). The Morgan fingerprint density at radius 3 is 2.53 bits per heavy atom. The second-order valence-electron chi connectivity index (χ2n) is 4.00. The largest absolute Gasteiger partial charge is 0.439 e. The second kappa shape index (κ2) is 5.30. The van der Waals surface area contributed by atoms with E-state index in [-0.39, 0.29) is 0 Å². The van der Waals surface area contributed by atoms with Crippen molar-refractivity contribution in [3.8, 4) is 11.6 Å². The Kier molecular flexibility index (Phi) is 3.56. The first-order valence-corrected chi connectivity index (χ1v) is 5.59. The minimum atomic E-state index is -0.490. The van der Waals surface area contributed by atoms with Crippen LogP contribution in [-0.4, -0.2) is 17.2 Å². The van der Waals surface area contributed by atoms with E-state index in [0.29, 0.717) is 22.8 Å². The van der Waals surface area contributed by atoms with E-state index in [1.165, 1.54) is 6.20 Å². The zero-order valence-corrected chi connectivity index (χ0v) is 10.3. The maximum absolute atomic E-state index is 10.9. The lowest BCUT2D eigenvalue weighted by Gasteiger charge is -2.07. The average molecular weight is 256 g/mol. The van der Waals surface area contributed by atoms with Gasteiger partial charge in [0.15, 0.2) is 6.29 Å². The van der Waals surface area contributed by atoms with Crippen LogP contribution in [0.3, 0.4) is 0 Å². The molecular formula is C14H12N2O3. The number of carbonyl (C=O) groups excluding carboxylic acids is 2. The Balaban J connectivity index is 2.21. The van der Waals surface area contributed by atoms with E-state index in [2.05, 4.69) is 4.98 Å². The minimum Gasteiger partial charge on any atom is -0.439 e. The monoisotopic (exact) mass is 256 g/mol. The molecule has 1 heterocycles. The molecule has 1 aromatic carbocycles. The van der Waals surface area contributed by atoms with Crippen molar-refractivity contribution in [1.29, 1.82) is 0 Å². The molecule has 0 aliphatic heterocycles. The average Bonchev–Trinajstić information content (AvgIpc) is 2.41. The van der Waals surface area contributed by atoms with Crippen LogP contribution in [0.4, 0.5) is 0 Å². The van der Waals surface area contributed by atoms with Gasteiger partial charge in [0.2, 0.25) is 11.8 Å². The Hall–Kier alpha value is -2.69. The van der Waals surface area contributed by atoms with Gasteiger partial charge in [0.1, 0.15) is 5.75 Å². The Morgan fingerprint density at radius 2 is 2.00 bits per heavy atom. The van der Waals surface area contributed by atoms with Gasteiger partial charge < -0.3 is 10.5 Å². The fourth-order valence-corrected chi connectivity index (χ4v) is 1.55. The lowest BCUT2D eigenvalue weighted by atomic mass is 10.2.